The van der Waals surface area contributed by atoms with E-state index in [1.54, 1.807) is 68.7 Å². The number of halogens is 3. The summed E-state index contributed by atoms with van der Waals surface area (Å²) in [7, 11) is 3.24. The summed E-state index contributed by atoms with van der Waals surface area (Å²) < 4.78 is 47.3. The van der Waals surface area contributed by atoms with Crippen molar-refractivity contribution in [1.82, 2.24) is 4.90 Å². The summed E-state index contributed by atoms with van der Waals surface area (Å²) in [5, 5.41) is 9.19. The molecule has 3 rings (SSSR count). The molecule has 0 unspecified atom stereocenters. The fourth-order valence-corrected chi connectivity index (χ4v) is 3.37. The number of alkyl halides is 3. The Morgan fingerprint density at radius 3 is 2.12 bits per heavy atom. The SMILES string of the molecule is CN(C)C(=O)c1ccc(COc2cc(-c3ccccc3)cc(CC(=O)O)c2C(F)(F)F)cc1. The lowest BCUT2D eigenvalue weighted by Gasteiger charge is -2.19. The standard InChI is InChI=1S/C25H22F3NO4/c1-29(2)24(32)18-10-8-16(9-11-18)15-33-21-13-19(17-6-4-3-5-7-17)12-20(14-22(30)31)23(21)25(26,27)28/h3-13H,14-15H2,1-2H3,(H,30,31). The van der Waals surface area contributed by atoms with Crippen LogP contribution in [0.1, 0.15) is 27.0 Å². The molecule has 0 bridgehead atoms. The zero-order chi connectivity index (χ0) is 24.2. The molecule has 33 heavy (non-hydrogen) atoms. The number of hydrogen-bond donors (Lipinski definition) is 1. The Morgan fingerprint density at radius 1 is 0.939 bits per heavy atom. The van der Waals surface area contributed by atoms with Crippen LogP contribution < -0.4 is 4.74 Å². The largest absolute Gasteiger partial charge is 0.488 e. The van der Waals surface area contributed by atoms with E-state index in [0.717, 1.165) is 0 Å². The fraction of sp³-hybridized carbons (Fsp3) is 0.200. The minimum absolute atomic E-state index is 0.190. The van der Waals surface area contributed by atoms with Gasteiger partial charge in [0.15, 0.2) is 0 Å². The van der Waals surface area contributed by atoms with Gasteiger partial charge in [0.05, 0.1) is 6.42 Å². The highest BCUT2D eigenvalue weighted by atomic mass is 19.4. The van der Waals surface area contributed by atoms with E-state index >= 15 is 0 Å². The normalized spacial score (nSPS) is 11.2. The number of benzene rings is 3. The molecule has 3 aromatic rings. The van der Waals surface area contributed by atoms with Crippen LogP contribution in [0.3, 0.4) is 0 Å². The minimum atomic E-state index is -4.81. The molecule has 0 radical (unpaired) electrons. The quantitative estimate of drug-likeness (QED) is 0.524. The summed E-state index contributed by atoms with van der Waals surface area (Å²) in [6.07, 6.45) is -5.61. The first-order chi connectivity index (χ1) is 15.6. The zero-order valence-corrected chi connectivity index (χ0v) is 18.0. The van der Waals surface area contributed by atoms with E-state index in [-0.39, 0.29) is 18.1 Å². The van der Waals surface area contributed by atoms with Crippen molar-refractivity contribution in [2.75, 3.05) is 14.1 Å². The Morgan fingerprint density at radius 2 is 1.58 bits per heavy atom. The number of nitrogens with zero attached hydrogens (tertiary/aromatic N) is 1. The second kappa shape index (κ2) is 9.77. The number of carbonyl (C=O) groups excluding carboxylic acids is 1. The molecule has 1 amide bonds. The van der Waals surface area contributed by atoms with Crippen LogP contribution in [-0.4, -0.2) is 36.0 Å². The van der Waals surface area contributed by atoms with Gasteiger partial charge in [-0.2, -0.15) is 13.2 Å². The van der Waals surface area contributed by atoms with E-state index in [9.17, 15) is 27.9 Å². The van der Waals surface area contributed by atoms with Gasteiger partial charge in [0, 0.05) is 19.7 Å². The Bertz CT molecular complexity index is 1140. The molecule has 0 aliphatic heterocycles. The molecule has 1 N–H and O–H groups in total. The highest BCUT2D eigenvalue weighted by Gasteiger charge is 2.38. The first-order valence-electron chi connectivity index (χ1n) is 10.0. The molecule has 0 aliphatic rings. The summed E-state index contributed by atoms with van der Waals surface area (Å²) in [4.78, 5) is 24.7. The molecule has 0 heterocycles. The maximum atomic E-state index is 13.9. The molecule has 172 valence electrons. The first kappa shape index (κ1) is 23.8. The summed E-state index contributed by atoms with van der Waals surface area (Å²) in [6, 6.07) is 17.5. The lowest BCUT2D eigenvalue weighted by Crippen LogP contribution is -2.21. The molecule has 5 nitrogen and oxygen atoms in total. The van der Waals surface area contributed by atoms with E-state index in [4.69, 9.17) is 4.74 Å². The predicted octanol–water partition coefficient (Wildman–Crippen LogP) is 5.28. The van der Waals surface area contributed by atoms with Crippen molar-refractivity contribution in [3.05, 3.63) is 89.0 Å². The lowest BCUT2D eigenvalue weighted by molar-refractivity contribution is -0.140. The van der Waals surface area contributed by atoms with Gasteiger partial charge in [0.2, 0.25) is 0 Å². The Kier molecular flexibility index (Phi) is 7.06. The van der Waals surface area contributed by atoms with Crippen molar-refractivity contribution >= 4 is 11.9 Å². The number of ether oxygens (including phenoxy) is 1. The average molecular weight is 457 g/mol. The molecule has 3 aromatic carbocycles. The van der Waals surface area contributed by atoms with Crippen LogP contribution in [0.2, 0.25) is 0 Å². The maximum absolute atomic E-state index is 13.9. The maximum Gasteiger partial charge on any atom is 0.420 e. The molecule has 0 aromatic heterocycles. The number of amides is 1. The number of carboxylic acid groups (broad SMARTS) is 1. The van der Waals surface area contributed by atoms with Gasteiger partial charge in [-0.05, 0) is 46.5 Å². The van der Waals surface area contributed by atoms with Gasteiger partial charge < -0.3 is 14.7 Å². The zero-order valence-electron chi connectivity index (χ0n) is 18.0. The van der Waals surface area contributed by atoms with Crippen LogP contribution in [0, 0.1) is 0 Å². The summed E-state index contributed by atoms with van der Waals surface area (Å²) >= 11 is 0. The van der Waals surface area contributed by atoms with Gasteiger partial charge in [-0.25, -0.2) is 0 Å². The monoisotopic (exact) mass is 457 g/mol. The number of carbonyl (C=O) groups is 2. The first-order valence-corrected chi connectivity index (χ1v) is 10.0. The van der Waals surface area contributed by atoms with Crippen molar-refractivity contribution in [1.29, 1.82) is 0 Å². The van der Waals surface area contributed by atoms with Crippen LogP contribution >= 0.6 is 0 Å². The molecule has 0 fully saturated rings. The predicted molar refractivity (Wildman–Crippen MR) is 117 cm³/mol. The van der Waals surface area contributed by atoms with E-state index in [1.807, 2.05) is 0 Å². The minimum Gasteiger partial charge on any atom is -0.488 e. The smallest absolute Gasteiger partial charge is 0.420 e. The Balaban J connectivity index is 1.99. The van der Waals surface area contributed by atoms with Crippen LogP contribution in [0.5, 0.6) is 5.75 Å². The average Bonchev–Trinajstić information content (AvgIpc) is 2.76. The van der Waals surface area contributed by atoms with Crippen LogP contribution in [-0.2, 0) is 24.0 Å². The van der Waals surface area contributed by atoms with Gasteiger partial charge in [0.25, 0.3) is 5.91 Å². The molecular weight excluding hydrogens is 435 g/mol. The fourth-order valence-electron chi connectivity index (χ4n) is 3.37. The van der Waals surface area contributed by atoms with Gasteiger partial charge in [-0.3, -0.25) is 9.59 Å². The van der Waals surface area contributed by atoms with Crippen LogP contribution in [0.25, 0.3) is 11.1 Å². The molecule has 8 heteroatoms. The highest BCUT2D eigenvalue weighted by Crippen LogP contribution is 2.42. The Hall–Kier alpha value is -3.81. The molecule has 0 saturated heterocycles. The molecular formula is C25H22F3NO4. The van der Waals surface area contributed by atoms with Gasteiger partial charge in [-0.15, -0.1) is 0 Å². The van der Waals surface area contributed by atoms with E-state index < -0.39 is 29.9 Å². The molecule has 0 atom stereocenters. The van der Waals surface area contributed by atoms with Gasteiger partial charge in [0.1, 0.15) is 17.9 Å². The molecule has 0 saturated carbocycles. The highest BCUT2D eigenvalue weighted by molar-refractivity contribution is 5.93. The molecule has 0 spiro atoms. The van der Waals surface area contributed by atoms with Crippen molar-refractivity contribution < 1.29 is 32.6 Å². The number of carboxylic acids is 1. The Labute approximate surface area is 189 Å². The van der Waals surface area contributed by atoms with E-state index in [0.29, 0.717) is 22.3 Å². The third-order valence-electron chi connectivity index (χ3n) is 4.92. The van der Waals surface area contributed by atoms with Gasteiger partial charge >= 0.3 is 12.1 Å². The van der Waals surface area contributed by atoms with Crippen LogP contribution in [0.15, 0.2) is 66.7 Å². The van der Waals surface area contributed by atoms with Crippen molar-refractivity contribution in [3.8, 4) is 16.9 Å². The number of rotatable bonds is 7. The third kappa shape index (κ3) is 5.91. The summed E-state index contributed by atoms with van der Waals surface area (Å²) in [5.74, 6) is -2.03. The number of aliphatic carboxylic acids is 1. The lowest BCUT2D eigenvalue weighted by atomic mass is 9.96. The second-order valence-electron chi connectivity index (χ2n) is 7.63. The van der Waals surface area contributed by atoms with Crippen molar-refractivity contribution in [2.45, 2.75) is 19.2 Å². The van der Waals surface area contributed by atoms with Gasteiger partial charge in [-0.1, -0.05) is 42.5 Å². The second-order valence-corrected chi connectivity index (χ2v) is 7.63. The van der Waals surface area contributed by atoms with Crippen LogP contribution in [0.4, 0.5) is 13.2 Å². The summed E-state index contributed by atoms with van der Waals surface area (Å²) in [5.41, 5.74) is 0.566. The van der Waals surface area contributed by atoms with E-state index in [1.165, 1.54) is 17.0 Å². The van der Waals surface area contributed by atoms with E-state index in [2.05, 4.69) is 0 Å². The van der Waals surface area contributed by atoms with Crippen molar-refractivity contribution in [2.24, 2.45) is 0 Å². The molecule has 0 aliphatic carbocycles. The third-order valence-corrected chi connectivity index (χ3v) is 4.92. The topological polar surface area (TPSA) is 66.8 Å². The summed E-state index contributed by atoms with van der Waals surface area (Å²) in [6.45, 7) is -0.190. The van der Waals surface area contributed by atoms with Crippen molar-refractivity contribution in [3.63, 3.8) is 0 Å². The number of hydrogen-bond acceptors (Lipinski definition) is 3.